The lowest BCUT2D eigenvalue weighted by atomic mass is 9.76. The lowest BCUT2D eigenvalue weighted by molar-refractivity contribution is -0.152. The minimum atomic E-state index is -0.695. The first-order valence-corrected chi connectivity index (χ1v) is 6.58. The molecular formula is C13H25NO2. The van der Waals surface area contributed by atoms with Crippen LogP contribution in [0.2, 0.25) is 0 Å². The number of nitrogens with two attached hydrogens (primary N) is 1. The highest BCUT2D eigenvalue weighted by Gasteiger charge is 2.39. The zero-order valence-electron chi connectivity index (χ0n) is 10.6. The van der Waals surface area contributed by atoms with Crippen LogP contribution in [0.3, 0.4) is 0 Å². The number of carbonyl (C=O) groups excluding carboxylic acids is 1. The van der Waals surface area contributed by atoms with E-state index in [0.29, 0.717) is 6.61 Å². The zero-order valence-corrected chi connectivity index (χ0v) is 10.6. The third-order valence-electron chi connectivity index (χ3n) is 3.71. The van der Waals surface area contributed by atoms with Gasteiger partial charge >= 0.3 is 5.97 Å². The number of hydrogen-bond donors (Lipinski definition) is 1. The van der Waals surface area contributed by atoms with E-state index < -0.39 is 5.54 Å². The van der Waals surface area contributed by atoms with Gasteiger partial charge in [0.1, 0.15) is 5.54 Å². The van der Waals surface area contributed by atoms with E-state index in [1.54, 1.807) is 0 Å². The van der Waals surface area contributed by atoms with Gasteiger partial charge in [0.25, 0.3) is 0 Å². The molecule has 3 nitrogen and oxygen atoms in total. The molecule has 94 valence electrons. The van der Waals surface area contributed by atoms with Gasteiger partial charge in [-0.3, -0.25) is 4.79 Å². The van der Waals surface area contributed by atoms with Gasteiger partial charge in [-0.1, -0.05) is 26.7 Å². The summed E-state index contributed by atoms with van der Waals surface area (Å²) >= 11 is 0. The van der Waals surface area contributed by atoms with Crippen molar-refractivity contribution in [3.05, 3.63) is 0 Å². The Balaban J connectivity index is 2.36. The van der Waals surface area contributed by atoms with Crippen LogP contribution < -0.4 is 5.73 Å². The predicted molar refractivity (Wildman–Crippen MR) is 65.0 cm³/mol. The van der Waals surface area contributed by atoms with Gasteiger partial charge in [-0.25, -0.2) is 0 Å². The van der Waals surface area contributed by atoms with E-state index in [1.807, 2.05) is 0 Å². The Labute approximate surface area is 98.7 Å². The molecule has 1 aliphatic rings. The Morgan fingerprint density at radius 1 is 1.38 bits per heavy atom. The number of esters is 1. The highest BCUT2D eigenvalue weighted by molar-refractivity contribution is 5.80. The van der Waals surface area contributed by atoms with Gasteiger partial charge in [0.15, 0.2) is 0 Å². The average molecular weight is 227 g/mol. The van der Waals surface area contributed by atoms with Crippen LogP contribution in [0.15, 0.2) is 0 Å². The lowest BCUT2D eigenvalue weighted by Gasteiger charge is -2.34. The first-order valence-electron chi connectivity index (χ1n) is 6.58. The topological polar surface area (TPSA) is 52.3 Å². The van der Waals surface area contributed by atoms with Crippen molar-refractivity contribution in [3.63, 3.8) is 0 Å². The maximum atomic E-state index is 11.8. The second-order valence-electron chi connectivity index (χ2n) is 5.00. The molecule has 0 aromatic carbocycles. The van der Waals surface area contributed by atoms with E-state index in [9.17, 15) is 4.79 Å². The fraction of sp³-hybridized carbons (Fsp3) is 0.923. The zero-order chi connectivity index (χ0) is 12.0. The molecule has 3 heteroatoms. The first-order chi connectivity index (χ1) is 7.62. The van der Waals surface area contributed by atoms with Crippen molar-refractivity contribution in [2.45, 2.75) is 64.3 Å². The van der Waals surface area contributed by atoms with Gasteiger partial charge in [-0.2, -0.15) is 0 Å². The molecule has 0 radical (unpaired) electrons. The minimum absolute atomic E-state index is 0.185. The van der Waals surface area contributed by atoms with Crippen molar-refractivity contribution in [1.82, 2.24) is 0 Å². The summed E-state index contributed by atoms with van der Waals surface area (Å²) in [5, 5.41) is 0. The van der Waals surface area contributed by atoms with Crippen molar-refractivity contribution in [3.8, 4) is 0 Å². The molecule has 0 aliphatic heterocycles. The summed E-state index contributed by atoms with van der Waals surface area (Å²) in [6, 6.07) is 0. The van der Waals surface area contributed by atoms with Crippen LogP contribution in [-0.2, 0) is 9.53 Å². The quantitative estimate of drug-likeness (QED) is 0.580. The number of rotatable bonds is 5. The van der Waals surface area contributed by atoms with Crippen LogP contribution in [-0.4, -0.2) is 18.1 Å². The van der Waals surface area contributed by atoms with E-state index in [4.69, 9.17) is 10.5 Å². The summed E-state index contributed by atoms with van der Waals surface area (Å²) in [5.41, 5.74) is 5.43. The molecule has 16 heavy (non-hydrogen) atoms. The monoisotopic (exact) mass is 227 g/mol. The minimum Gasteiger partial charge on any atom is -0.464 e. The normalized spacial score (nSPS) is 30.1. The molecule has 0 amide bonds. The summed E-state index contributed by atoms with van der Waals surface area (Å²) < 4.78 is 5.23. The summed E-state index contributed by atoms with van der Waals surface area (Å²) in [6.07, 6.45) is 6.88. The van der Waals surface area contributed by atoms with E-state index in [-0.39, 0.29) is 5.97 Å². The Hall–Kier alpha value is -0.570. The molecule has 2 N–H and O–H groups in total. The summed E-state index contributed by atoms with van der Waals surface area (Å²) in [7, 11) is 0. The van der Waals surface area contributed by atoms with Gasteiger partial charge in [0.2, 0.25) is 0 Å². The number of ether oxygens (including phenoxy) is 1. The van der Waals surface area contributed by atoms with Crippen molar-refractivity contribution < 1.29 is 9.53 Å². The van der Waals surface area contributed by atoms with Gasteiger partial charge in [-0.05, 0) is 38.0 Å². The maximum Gasteiger partial charge on any atom is 0.326 e. The molecule has 1 aliphatic carbocycles. The molecule has 0 atom stereocenters. The van der Waals surface area contributed by atoms with Crippen molar-refractivity contribution in [1.29, 1.82) is 0 Å². The molecule has 1 saturated carbocycles. The summed E-state index contributed by atoms with van der Waals surface area (Å²) in [6.45, 7) is 4.80. The van der Waals surface area contributed by atoms with E-state index in [2.05, 4.69) is 13.8 Å². The number of carbonyl (C=O) groups is 1. The Kier molecular flexibility index (Phi) is 5.26. The Bertz CT molecular complexity index is 220. The molecule has 0 saturated heterocycles. The third kappa shape index (κ3) is 3.48. The van der Waals surface area contributed by atoms with Crippen LogP contribution in [0.5, 0.6) is 0 Å². The molecule has 0 unspecified atom stereocenters. The first kappa shape index (κ1) is 13.5. The standard InChI is InChI=1S/C13H25NO2/c1-3-5-10-16-12(15)13(14)8-6-11(4-2)7-9-13/h11H,3-10,14H2,1-2H3. The SMILES string of the molecule is CCCCOC(=O)C1(N)CCC(CC)CC1. The molecule has 0 aromatic heterocycles. The molecular weight excluding hydrogens is 202 g/mol. The van der Waals surface area contributed by atoms with Crippen molar-refractivity contribution >= 4 is 5.97 Å². The van der Waals surface area contributed by atoms with Gasteiger partial charge in [-0.15, -0.1) is 0 Å². The largest absolute Gasteiger partial charge is 0.464 e. The maximum absolute atomic E-state index is 11.8. The highest BCUT2D eigenvalue weighted by atomic mass is 16.5. The van der Waals surface area contributed by atoms with Gasteiger partial charge < -0.3 is 10.5 Å². The number of unbranched alkanes of at least 4 members (excludes halogenated alkanes) is 1. The molecule has 0 spiro atoms. The van der Waals surface area contributed by atoms with Gasteiger partial charge in [0, 0.05) is 0 Å². The van der Waals surface area contributed by atoms with Gasteiger partial charge in [0.05, 0.1) is 6.61 Å². The van der Waals surface area contributed by atoms with Crippen LogP contribution in [0.25, 0.3) is 0 Å². The van der Waals surface area contributed by atoms with E-state index in [0.717, 1.165) is 44.4 Å². The van der Waals surface area contributed by atoms with E-state index >= 15 is 0 Å². The third-order valence-corrected chi connectivity index (χ3v) is 3.71. The second kappa shape index (κ2) is 6.24. The lowest BCUT2D eigenvalue weighted by Crippen LogP contribution is -2.51. The second-order valence-corrected chi connectivity index (χ2v) is 5.00. The molecule has 1 rings (SSSR count). The average Bonchev–Trinajstić information content (AvgIpc) is 2.30. The van der Waals surface area contributed by atoms with Crippen molar-refractivity contribution in [2.75, 3.05) is 6.61 Å². The van der Waals surface area contributed by atoms with Crippen LogP contribution in [0.1, 0.15) is 58.8 Å². The smallest absolute Gasteiger partial charge is 0.326 e. The molecule has 0 heterocycles. The fourth-order valence-corrected chi connectivity index (χ4v) is 2.26. The Morgan fingerprint density at radius 3 is 2.50 bits per heavy atom. The molecule has 0 aromatic rings. The summed E-state index contributed by atoms with van der Waals surface area (Å²) in [5.74, 6) is 0.565. The fourth-order valence-electron chi connectivity index (χ4n) is 2.26. The van der Waals surface area contributed by atoms with Crippen LogP contribution in [0, 0.1) is 5.92 Å². The van der Waals surface area contributed by atoms with Crippen LogP contribution >= 0.6 is 0 Å². The molecule has 0 bridgehead atoms. The Morgan fingerprint density at radius 2 is 2.00 bits per heavy atom. The van der Waals surface area contributed by atoms with Crippen LogP contribution in [0.4, 0.5) is 0 Å². The predicted octanol–water partition coefficient (Wildman–Crippen LogP) is 2.63. The molecule has 1 fully saturated rings. The summed E-state index contributed by atoms with van der Waals surface area (Å²) in [4.78, 5) is 11.8. The highest BCUT2D eigenvalue weighted by Crippen LogP contribution is 2.32. The van der Waals surface area contributed by atoms with Crippen molar-refractivity contribution in [2.24, 2.45) is 11.7 Å². The van der Waals surface area contributed by atoms with E-state index in [1.165, 1.54) is 6.42 Å². The number of hydrogen-bond acceptors (Lipinski definition) is 3.